The van der Waals surface area contributed by atoms with Crippen LogP contribution in [0.2, 0.25) is 0 Å². The third-order valence-corrected chi connectivity index (χ3v) is 2.92. The predicted octanol–water partition coefficient (Wildman–Crippen LogP) is 2.45. The molecule has 0 N–H and O–H groups in total. The predicted molar refractivity (Wildman–Crippen MR) is 68.7 cm³/mol. The molecule has 3 rings (SSSR count). The van der Waals surface area contributed by atoms with Crippen LogP contribution in [0.5, 0.6) is 0 Å². The van der Waals surface area contributed by atoms with Gasteiger partial charge >= 0.3 is 5.76 Å². The average molecular weight is 256 g/mol. The molecule has 0 fully saturated rings. The van der Waals surface area contributed by atoms with Gasteiger partial charge in [-0.1, -0.05) is 24.3 Å². The van der Waals surface area contributed by atoms with Gasteiger partial charge in [-0.3, -0.25) is 0 Å². The van der Waals surface area contributed by atoms with Crippen molar-refractivity contribution in [2.75, 3.05) is 0 Å². The third-order valence-electron chi connectivity index (χ3n) is 2.92. The molecule has 2 aromatic heterocycles. The number of furan rings is 1. The molecule has 2 heterocycles. The summed E-state index contributed by atoms with van der Waals surface area (Å²) < 4.78 is 11.5. The average Bonchev–Trinajstić information content (AvgIpc) is 3.02. The quantitative estimate of drug-likeness (QED) is 0.722. The molecule has 96 valence electrons. The zero-order valence-electron chi connectivity index (χ0n) is 10.4. The standard InChI is InChI=1S/C14H12N2O3/c1-10-5-2-3-6-11(10)9-16-14(17)19-13(15-16)12-7-4-8-18-12/h2-8H,9H2,1H3. The van der Waals surface area contributed by atoms with E-state index in [2.05, 4.69) is 5.10 Å². The fourth-order valence-corrected chi connectivity index (χ4v) is 1.85. The Hall–Kier alpha value is -2.56. The minimum Gasteiger partial charge on any atom is -0.459 e. The molecule has 0 amide bonds. The van der Waals surface area contributed by atoms with E-state index < -0.39 is 5.76 Å². The monoisotopic (exact) mass is 256 g/mol. The van der Waals surface area contributed by atoms with Crippen molar-refractivity contribution >= 4 is 0 Å². The van der Waals surface area contributed by atoms with Gasteiger partial charge in [0.2, 0.25) is 0 Å². The van der Waals surface area contributed by atoms with Gasteiger partial charge in [-0.2, -0.15) is 4.68 Å². The molecule has 0 spiro atoms. The fraction of sp³-hybridized carbons (Fsp3) is 0.143. The molecular weight excluding hydrogens is 244 g/mol. The Bertz CT molecular complexity index is 738. The summed E-state index contributed by atoms with van der Waals surface area (Å²) in [7, 11) is 0. The lowest BCUT2D eigenvalue weighted by Gasteiger charge is -2.03. The van der Waals surface area contributed by atoms with Gasteiger partial charge in [0.05, 0.1) is 12.8 Å². The Labute approximate surface area is 109 Å². The van der Waals surface area contributed by atoms with Gasteiger partial charge < -0.3 is 8.83 Å². The second kappa shape index (κ2) is 4.61. The summed E-state index contributed by atoms with van der Waals surface area (Å²) in [5, 5.41) is 4.13. The highest BCUT2D eigenvalue weighted by molar-refractivity contribution is 5.42. The van der Waals surface area contributed by atoms with Crippen molar-refractivity contribution in [3.63, 3.8) is 0 Å². The Morgan fingerprint density at radius 2 is 2.05 bits per heavy atom. The molecule has 0 saturated carbocycles. The van der Waals surface area contributed by atoms with Crippen molar-refractivity contribution in [3.8, 4) is 11.7 Å². The van der Waals surface area contributed by atoms with Crippen LogP contribution >= 0.6 is 0 Å². The Kier molecular flexibility index (Phi) is 2.79. The molecule has 0 bridgehead atoms. The smallest absolute Gasteiger partial charge is 0.437 e. The van der Waals surface area contributed by atoms with Crippen LogP contribution in [0, 0.1) is 6.92 Å². The van der Waals surface area contributed by atoms with Gasteiger partial charge in [0.1, 0.15) is 0 Å². The van der Waals surface area contributed by atoms with Crippen LogP contribution in [0.25, 0.3) is 11.7 Å². The molecule has 0 saturated heterocycles. The van der Waals surface area contributed by atoms with Gasteiger partial charge in [0, 0.05) is 0 Å². The van der Waals surface area contributed by atoms with E-state index in [0.717, 1.165) is 11.1 Å². The maximum atomic E-state index is 11.7. The van der Waals surface area contributed by atoms with Crippen LogP contribution in [0.3, 0.4) is 0 Å². The molecule has 5 nitrogen and oxygen atoms in total. The van der Waals surface area contributed by atoms with Crippen LogP contribution in [0.4, 0.5) is 0 Å². The summed E-state index contributed by atoms with van der Waals surface area (Å²) in [6.07, 6.45) is 1.51. The molecular formula is C14H12N2O3. The summed E-state index contributed by atoms with van der Waals surface area (Å²) in [5.41, 5.74) is 2.14. The van der Waals surface area contributed by atoms with E-state index in [-0.39, 0.29) is 5.89 Å². The lowest BCUT2D eigenvalue weighted by molar-refractivity contribution is 0.476. The van der Waals surface area contributed by atoms with Gasteiger partial charge in [-0.05, 0) is 30.2 Å². The SMILES string of the molecule is Cc1ccccc1Cn1nc(-c2ccco2)oc1=O. The Morgan fingerprint density at radius 3 is 2.79 bits per heavy atom. The van der Waals surface area contributed by atoms with E-state index in [9.17, 15) is 4.79 Å². The minimum atomic E-state index is -0.491. The van der Waals surface area contributed by atoms with Gasteiger partial charge in [-0.25, -0.2) is 4.79 Å². The van der Waals surface area contributed by atoms with Crippen molar-refractivity contribution < 1.29 is 8.83 Å². The van der Waals surface area contributed by atoms with E-state index in [1.165, 1.54) is 10.9 Å². The highest BCUT2D eigenvalue weighted by Gasteiger charge is 2.13. The number of hydrogen-bond acceptors (Lipinski definition) is 4. The first-order valence-corrected chi connectivity index (χ1v) is 5.90. The molecule has 3 aromatic rings. The van der Waals surface area contributed by atoms with E-state index >= 15 is 0 Å². The topological polar surface area (TPSA) is 61.2 Å². The minimum absolute atomic E-state index is 0.198. The van der Waals surface area contributed by atoms with E-state index in [4.69, 9.17) is 8.83 Å². The molecule has 0 unspecified atom stereocenters. The lowest BCUT2D eigenvalue weighted by atomic mass is 10.1. The highest BCUT2D eigenvalue weighted by Crippen LogP contribution is 2.15. The lowest BCUT2D eigenvalue weighted by Crippen LogP contribution is -2.17. The second-order valence-electron chi connectivity index (χ2n) is 4.23. The van der Waals surface area contributed by atoms with Crippen LogP contribution in [0.1, 0.15) is 11.1 Å². The molecule has 19 heavy (non-hydrogen) atoms. The van der Waals surface area contributed by atoms with Crippen LogP contribution in [-0.2, 0) is 6.54 Å². The summed E-state index contributed by atoms with van der Waals surface area (Å²) in [5.74, 6) is 0.152. The molecule has 5 heteroatoms. The largest absolute Gasteiger partial charge is 0.459 e. The molecule has 0 aliphatic rings. The highest BCUT2D eigenvalue weighted by atomic mass is 16.4. The van der Waals surface area contributed by atoms with Crippen molar-refractivity contribution in [1.82, 2.24) is 9.78 Å². The summed E-state index contributed by atoms with van der Waals surface area (Å²) in [6, 6.07) is 11.3. The first kappa shape index (κ1) is 11.5. The number of hydrogen-bond donors (Lipinski definition) is 0. The van der Waals surface area contributed by atoms with Crippen molar-refractivity contribution in [2.24, 2.45) is 0 Å². The van der Waals surface area contributed by atoms with Gasteiger partial charge in [-0.15, -0.1) is 5.10 Å². The van der Waals surface area contributed by atoms with E-state index in [1.54, 1.807) is 12.1 Å². The van der Waals surface area contributed by atoms with E-state index in [1.807, 2.05) is 31.2 Å². The maximum absolute atomic E-state index is 11.7. The van der Waals surface area contributed by atoms with Crippen LogP contribution in [0.15, 0.2) is 56.3 Å². The maximum Gasteiger partial charge on any atom is 0.437 e. The van der Waals surface area contributed by atoms with Crippen molar-refractivity contribution in [2.45, 2.75) is 13.5 Å². The Balaban J connectivity index is 1.95. The summed E-state index contributed by atoms with van der Waals surface area (Å²) >= 11 is 0. The molecule has 0 atom stereocenters. The van der Waals surface area contributed by atoms with Gasteiger partial charge in [0.25, 0.3) is 5.89 Å². The second-order valence-corrected chi connectivity index (χ2v) is 4.23. The first-order chi connectivity index (χ1) is 9.24. The normalized spacial score (nSPS) is 10.8. The van der Waals surface area contributed by atoms with E-state index in [0.29, 0.717) is 12.3 Å². The fourth-order valence-electron chi connectivity index (χ4n) is 1.85. The van der Waals surface area contributed by atoms with Crippen molar-refractivity contribution in [1.29, 1.82) is 0 Å². The zero-order chi connectivity index (χ0) is 13.2. The zero-order valence-corrected chi connectivity index (χ0v) is 10.4. The number of aromatic nitrogens is 2. The first-order valence-electron chi connectivity index (χ1n) is 5.90. The van der Waals surface area contributed by atoms with Gasteiger partial charge in [0.15, 0.2) is 5.76 Å². The van der Waals surface area contributed by atoms with Crippen LogP contribution in [-0.4, -0.2) is 9.78 Å². The molecule has 1 aromatic carbocycles. The van der Waals surface area contributed by atoms with Crippen LogP contribution < -0.4 is 5.76 Å². The molecule has 0 radical (unpaired) electrons. The molecule has 0 aliphatic carbocycles. The number of aryl methyl sites for hydroxylation is 1. The third kappa shape index (κ3) is 2.22. The molecule has 0 aliphatic heterocycles. The number of benzene rings is 1. The van der Waals surface area contributed by atoms with Crippen molar-refractivity contribution in [3.05, 3.63) is 64.3 Å². The Morgan fingerprint density at radius 1 is 1.21 bits per heavy atom. The summed E-state index contributed by atoms with van der Waals surface area (Å²) in [4.78, 5) is 11.7. The summed E-state index contributed by atoms with van der Waals surface area (Å²) in [6.45, 7) is 2.38. The number of rotatable bonds is 3. The number of nitrogens with zero attached hydrogens (tertiary/aromatic N) is 2.